The molecule has 7 heteroatoms. The largest absolute Gasteiger partial charge is 0.481 e. The van der Waals surface area contributed by atoms with E-state index in [2.05, 4.69) is 10.3 Å². The maximum Gasteiger partial charge on any atom is 0.306 e. The molecule has 0 unspecified atom stereocenters. The first-order chi connectivity index (χ1) is 10.5. The Balaban J connectivity index is 1.65. The van der Waals surface area contributed by atoms with E-state index < -0.39 is 5.97 Å². The van der Waals surface area contributed by atoms with Crippen LogP contribution in [0.5, 0.6) is 0 Å². The van der Waals surface area contributed by atoms with Crippen LogP contribution in [0, 0.1) is 11.8 Å². The Morgan fingerprint density at radius 1 is 1.23 bits per heavy atom. The molecule has 0 saturated heterocycles. The van der Waals surface area contributed by atoms with Gasteiger partial charge in [0.05, 0.1) is 16.1 Å². The minimum atomic E-state index is -0.762. The molecule has 0 radical (unpaired) electrons. The Kier molecular flexibility index (Phi) is 4.31. The molecule has 22 heavy (non-hydrogen) atoms. The quantitative estimate of drug-likeness (QED) is 0.892. The average Bonchev–Trinajstić information content (AvgIpc) is 2.88. The summed E-state index contributed by atoms with van der Waals surface area (Å²) >= 11 is 7.33. The summed E-state index contributed by atoms with van der Waals surface area (Å²) in [5.74, 6) is -1.28. The number of fused-ring (bicyclic) bond motifs is 1. The number of benzene rings is 1. The number of halogens is 1. The van der Waals surface area contributed by atoms with E-state index in [1.54, 1.807) is 12.1 Å². The Hall–Kier alpha value is -1.66. The van der Waals surface area contributed by atoms with Crippen LogP contribution in [0.3, 0.4) is 0 Å². The second-order valence-electron chi connectivity index (χ2n) is 5.51. The van der Waals surface area contributed by atoms with E-state index in [-0.39, 0.29) is 17.7 Å². The van der Waals surface area contributed by atoms with Crippen LogP contribution in [0.25, 0.3) is 10.2 Å². The maximum absolute atomic E-state index is 12.3. The third kappa shape index (κ3) is 3.23. The minimum absolute atomic E-state index is 0.0750. The number of hydrogen-bond donors (Lipinski definition) is 2. The first kappa shape index (κ1) is 15.2. The van der Waals surface area contributed by atoms with Gasteiger partial charge in [0.2, 0.25) is 5.91 Å². The number of hydrogen-bond acceptors (Lipinski definition) is 4. The van der Waals surface area contributed by atoms with Gasteiger partial charge in [-0.3, -0.25) is 9.59 Å². The molecule has 1 heterocycles. The number of carbonyl (C=O) groups is 2. The SMILES string of the molecule is O=C(O)C1CCC(C(=O)Nc2nc3cc(Cl)ccc3s2)CC1. The van der Waals surface area contributed by atoms with Gasteiger partial charge in [-0.25, -0.2) is 4.98 Å². The molecule has 1 fully saturated rings. The van der Waals surface area contributed by atoms with E-state index in [1.807, 2.05) is 6.07 Å². The molecule has 1 amide bonds. The van der Waals surface area contributed by atoms with E-state index in [0.717, 1.165) is 10.2 Å². The number of carboxylic acids is 1. The zero-order chi connectivity index (χ0) is 15.7. The summed E-state index contributed by atoms with van der Waals surface area (Å²) in [6.45, 7) is 0. The summed E-state index contributed by atoms with van der Waals surface area (Å²) in [5.41, 5.74) is 0.766. The molecule has 0 aliphatic heterocycles. The molecule has 0 bridgehead atoms. The van der Waals surface area contributed by atoms with Gasteiger partial charge in [-0.2, -0.15) is 0 Å². The van der Waals surface area contributed by atoms with E-state index in [0.29, 0.717) is 35.8 Å². The molecule has 1 saturated carbocycles. The van der Waals surface area contributed by atoms with E-state index in [1.165, 1.54) is 11.3 Å². The van der Waals surface area contributed by atoms with Crippen molar-refractivity contribution < 1.29 is 14.7 Å². The highest BCUT2D eigenvalue weighted by Crippen LogP contribution is 2.32. The van der Waals surface area contributed by atoms with Crippen LogP contribution in [0.1, 0.15) is 25.7 Å². The molecule has 116 valence electrons. The average molecular weight is 339 g/mol. The van der Waals surface area contributed by atoms with Gasteiger partial charge in [0.15, 0.2) is 5.13 Å². The number of amides is 1. The lowest BCUT2D eigenvalue weighted by Crippen LogP contribution is -2.29. The van der Waals surface area contributed by atoms with Crippen molar-refractivity contribution in [3.63, 3.8) is 0 Å². The maximum atomic E-state index is 12.3. The Labute approximate surface area is 136 Å². The second kappa shape index (κ2) is 6.22. The third-order valence-electron chi connectivity index (χ3n) is 4.03. The summed E-state index contributed by atoms with van der Waals surface area (Å²) in [7, 11) is 0. The normalized spacial score (nSPS) is 21.7. The number of nitrogens with one attached hydrogen (secondary N) is 1. The van der Waals surface area contributed by atoms with Crippen LogP contribution in [0.2, 0.25) is 5.02 Å². The van der Waals surface area contributed by atoms with Gasteiger partial charge in [-0.05, 0) is 43.9 Å². The van der Waals surface area contributed by atoms with Crippen molar-refractivity contribution in [1.29, 1.82) is 0 Å². The summed E-state index contributed by atoms with van der Waals surface area (Å²) < 4.78 is 0.967. The fourth-order valence-electron chi connectivity index (χ4n) is 2.76. The molecule has 1 aliphatic rings. The van der Waals surface area contributed by atoms with Gasteiger partial charge in [-0.1, -0.05) is 22.9 Å². The van der Waals surface area contributed by atoms with E-state index >= 15 is 0 Å². The van der Waals surface area contributed by atoms with Gasteiger partial charge < -0.3 is 10.4 Å². The molecular weight excluding hydrogens is 324 g/mol. The van der Waals surface area contributed by atoms with Crippen LogP contribution >= 0.6 is 22.9 Å². The van der Waals surface area contributed by atoms with E-state index in [4.69, 9.17) is 16.7 Å². The van der Waals surface area contributed by atoms with Gasteiger partial charge in [0.1, 0.15) is 0 Å². The fourth-order valence-corrected chi connectivity index (χ4v) is 3.78. The number of anilines is 1. The highest BCUT2D eigenvalue weighted by molar-refractivity contribution is 7.22. The Bertz CT molecular complexity index is 723. The second-order valence-corrected chi connectivity index (χ2v) is 6.97. The standard InChI is InChI=1S/C15H15ClN2O3S/c16-10-5-6-12-11(7-10)17-15(22-12)18-13(19)8-1-3-9(4-2-8)14(20)21/h5-9H,1-4H2,(H,20,21)(H,17,18,19). The molecular formula is C15H15ClN2O3S. The van der Waals surface area contributed by atoms with Crippen LogP contribution < -0.4 is 5.32 Å². The number of nitrogens with zero attached hydrogens (tertiary/aromatic N) is 1. The summed E-state index contributed by atoms with van der Waals surface area (Å²) in [4.78, 5) is 27.6. The van der Waals surface area contributed by atoms with Crippen molar-refractivity contribution in [2.24, 2.45) is 11.8 Å². The lowest BCUT2D eigenvalue weighted by atomic mass is 9.81. The highest BCUT2D eigenvalue weighted by Gasteiger charge is 2.30. The molecule has 2 N–H and O–H groups in total. The van der Waals surface area contributed by atoms with Gasteiger partial charge >= 0.3 is 5.97 Å². The van der Waals surface area contributed by atoms with Crippen molar-refractivity contribution >= 4 is 50.2 Å². The minimum Gasteiger partial charge on any atom is -0.481 e. The van der Waals surface area contributed by atoms with Crippen LogP contribution in [0.15, 0.2) is 18.2 Å². The number of thiazole rings is 1. The van der Waals surface area contributed by atoms with Crippen LogP contribution in [-0.4, -0.2) is 22.0 Å². The monoisotopic (exact) mass is 338 g/mol. The smallest absolute Gasteiger partial charge is 0.306 e. The summed E-state index contributed by atoms with van der Waals surface area (Å²) in [5, 5.41) is 13.0. The molecule has 5 nitrogen and oxygen atoms in total. The first-order valence-electron chi connectivity index (χ1n) is 7.12. The van der Waals surface area contributed by atoms with Crippen molar-refractivity contribution in [2.75, 3.05) is 5.32 Å². The number of rotatable bonds is 3. The molecule has 2 aromatic rings. The van der Waals surface area contributed by atoms with Crippen molar-refractivity contribution in [2.45, 2.75) is 25.7 Å². The van der Waals surface area contributed by atoms with Crippen LogP contribution in [-0.2, 0) is 9.59 Å². The zero-order valence-electron chi connectivity index (χ0n) is 11.7. The van der Waals surface area contributed by atoms with Crippen molar-refractivity contribution in [3.8, 4) is 0 Å². The molecule has 1 aromatic heterocycles. The van der Waals surface area contributed by atoms with Gasteiger partial charge in [-0.15, -0.1) is 0 Å². The van der Waals surface area contributed by atoms with Crippen LogP contribution in [0.4, 0.5) is 5.13 Å². The number of aliphatic carboxylic acids is 1. The zero-order valence-corrected chi connectivity index (χ0v) is 13.3. The molecule has 0 spiro atoms. The number of aromatic nitrogens is 1. The van der Waals surface area contributed by atoms with Gasteiger partial charge in [0.25, 0.3) is 0 Å². The summed E-state index contributed by atoms with van der Waals surface area (Å²) in [6, 6.07) is 5.44. The Morgan fingerprint density at radius 2 is 1.91 bits per heavy atom. The Morgan fingerprint density at radius 3 is 2.59 bits per heavy atom. The molecule has 3 rings (SSSR count). The predicted molar refractivity (Wildman–Crippen MR) is 86.3 cm³/mol. The topological polar surface area (TPSA) is 79.3 Å². The number of carboxylic acid groups (broad SMARTS) is 1. The fraction of sp³-hybridized carbons (Fsp3) is 0.400. The molecule has 1 aromatic carbocycles. The third-order valence-corrected chi connectivity index (χ3v) is 5.21. The van der Waals surface area contributed by atoms with Crippen molar-refractivity contribution in [1.82, 2.24) is 4.98 Å². The lowest BCUT2D eigenvalue weighted by molar-refractivity contribution is -0.143. The number of carbonyl (C=O) groups excluding carboxylic acids is 1. The van der Waals surface area contributed by atoms with Gasteiger partial charge in [0, 0.05) is 10.9 Å². The highest BCUT2D eigenvalue weighted by atomic mass is 35.5. The van der Waals surface area contributed by atoms with E-state index in [9.17, 15) is 9.59 Å². The molecule has 1 aliphatic carbocycles. The molecule has 0 atom stereocenters. The first-order valence-corrected chi connectivity index (χ1v) is 8.32. The summed E-state index contributed by atoms with van der Waals surface area (Å²) in [6.07, 6.45) is 2.34. The predicted octanol–water partition coefficient (Wildman–Crippen LogP) is 3.78. The lowest BCUT2D eigenvalue weighted by Gasteiger charge is -2.24. The van der Waals surface area contributed by atoms with Crippen molar-refractivity contribution in [3.05, 3.63) is 23.2 Å².